The summed E-state index contributed by atoms with van der Waals surface area (Å²) in [6, 6.07) is 0. The molecular formula is C14H29NO2. The van der Waals surface area contributed by atoms with Crippen molar-refractivity contribution in [2.45, 2.75) is 40.0 Å². The van der Waals surface area contributed by atoms with Gasteiger partial charge >= 0.3 is 0 Å². The summed E-state index contributed by atoms with van der Waals surface area (Å²) in [4.78, 5) is 0. The van der Waals surface area contributed by atoms with Crippen molar-refractivity contribution < 1.29 is 9.47 Å². The van der Waals surface area contributed by atoms with E-state index in [-0.39, 0.29) is 0 Å². The van der Waals surface area contributed by atoms with Crippen molar-refractivity contribution in [3.8, 4) is 0 Å². The molecule has 0 atom stereocenters. The Morgan fingerprint density at radius 3 is 2.59 bits per heavy atom. The van der Waals surface area contributed by atoms with Crippen molar-refractivity contribution in [2.24, 2.45) is 11.3 Å². The Morgan fingerprint density at radius 1 is 1.24 bits per heavy atom. The molecule has 3 nitrogen and oxygen atoms in total. The van der Waals surface area contributed by atoms with Crippen LogP contribution in [0, 0.1) is 11.3 Å². The molecule has 0 bridgehead atoms. The molecule has 0 aromatic rings. The van der Waals surface area contributed by atoms with E-state index in [2.05, 4.69) is 26.1 Å². The minimum Gasteiger partial charge on any atom is -0.381 e. The van der Waals surface area contributed by atoms with Gasteiger partial charge in [-0.25, -0.2) is 0 Å². The molecule has 0 amide bonds. The maximum atomic E-state index is 5.58. The van der Waals surface area contributed by atoms with E-state index in [0.717, 1.165) is 51.9 Å². The molecule has 1 aliphatic heterocycles. The van der Waals surface area contributed by atoms with Crippen LogP contribution in [-0.2, 0) is 9.47 Å². The molecule has 3 heteroatoms. The summed E-state index contributed by atoms with van der Waals surface area (Å²) in [5.74, 6) is 0.740. The summed E-state index contributed by atoms with van der Waals surface area (Å²) in [7, 11) is 0. The van der Waals surface area contributed by atoms with Crippen molar-refractivity contribution in [1.82, 2.24) is 5.32 Å². The highest BCUT2D eigenvalue weighted by Gasteiger charge is 2.26. The van der Waals surface area contributed by atoms with Gasteiger partial charge in [0.1, 0.15) is 0 Å². The highest BCUT2D eigenvalue weighted by molar-refractivity contribution is 4.79. The molecule has 0 aromatic carbocycles. The Kier molecular flexibility index (Phi) is 7.09. The molecule has 0 radical (unpaired) electrons. The summed E-state index contributed by atoms with van der Waals surface area (Å²) >= 11 is 0. The second kappa shape index (κ2) is 8.06. The normalized spacial score (nSPS) is 19.8. The predicted octanol–water partition coefficient (Wildman–Crippen LogP) is 2.46. The van der Waals surface area contributed by atoms with Crippen molar-refractivity contribution in [3.63, 3.8) is 0 Å². The number of rotatable bonds is 8. The van der Waals surface area contributed by atoms with E-state index >= 15 is 0 Å². The fourth-order valence-electron chi connectivity index (χ4n) is 2.00. The smallest absolute Gasteiger partial charge is 0.0590 e. The Balaban J connectivity index is 1.93. The van der Waals surface area contributed by atoms with Crippen LogP contribution in [0.1, 0.15) is 40.0 Å². The Bertz CT molecular complexity index is 189. The van der Waals surface area contributed by atoms with Gasteiger partial charge in [0.05, 0.1) is 6.61 Å². The van der Waals surface area contributed by atoms with Crippen LogP contribution in [0.3, 0.4) is 0 Å². The summed E-state index contributed by atoms with van der Waals surface area (Å²) in [5, 5.41) is 3.50. The molecule has 0 saturated carbocycles. The quantitative estimate of drug-likeness (QED) is 0.664. The lowest BCUT2D eigenvalue weighted by molar-refractivity contribution is 0.0230. The predicted molar refractivity (Wildman–Crippen MR) is 71.3 cm³/mol. The van der Waals surface area contributed by atoms with E-state index in [9.17, 15) is 0 Å². The van der Waals surface area contributed by atoms with Gasteiger partial charge < -0.3 is 14.8 Å². The molecular weight excluding hydrogens is 214 g/mol. The van der Waals surface area contributed by atoms with Crippen LogP contribution in [0.15, 0.2) is 0 Å². The van der Waals surface area contributed by atoms with Gasteiger partial charge in [0, 0.05) is 32.9 Å². The minimum absolute atomic E-state index is 0.427. The van der Waals surface area contributed by atoms with Crippen LogP contribution in [0.2, 0.25) is 0 Å². The van der Waals surface area contributed by atoms with Crippen LogP contribution < -0.4 is 5.32 Å². The first kappa shape index (κ1) is 14.9. The number of ether oxygens (including phenoxy) is 2. The molecule has 0 aliphatic carbocycles. The minimum atomic E-state index is 0.427. The standard InChI is InChI=1S/C14H29NO2/c1-13(2)4-8-16-11-7-15-12-14(3)5-9-17-10-6-14/h13,15H,4-12H2,1-3H3. The van der Waals surface area contributed by atoms with E-state index in [1.165, 1.54) is 12.8 Å². The second-order valence-electron chi connectivity index (χ2n) is 5.89. The highest BCUT2D eigenvalue weighted by atomic mass is 16.5. The first-order chi connectivity index (χ1) is 8.12. The number of hydrogen-bond donors (Lipinski definition) is 1. The average molecular weight is 243 g/mol. The summed E-state index contributed by atoms with van der Waals surface area (Å²) < 4.78 is 11.0. The highest BCUT2D eigenvalue weighted by Crippen LogP contribution is 2.28. The molecule has 0 unspecified atom stereocenters. The molecule has 1 heterocycles. The Morgan fingerprint density at radius 2 is 1.94 bits per heavy atom. The molecule has 1 saturated heterocycles. The van der Waals surface area contributed by atoms with Gasteiger partial charge in [-0.05, 0) is 30.6 Å². The summed E-state index contributed by atoms with van der Waals surface area (Å²) in [6.45, 7) is 12.4. The van der Waals surface area contributed by atoms with Crippen molar-refractivity contribution >= 4 is 0 Å². The Hall–Kier alpha value is -0.120. The monoisotopic (exact) mass is 243 g/mol. The lowest BCUT2D eigenvalue weighted by Gasteiger charge is -2.33. The van der Waals surface area contributed by atoms with E-state index in [1.54, 1.807) is 0 Å². The van der Waals surface area contributed by atoms with Gasteiger partial charge in [-0.2, -0.15) is 0 Å². The third-order valence-corrected chi connectivity index (χ3v) is 3.51. The first-order valence-corrected chi connectivity index (χ1v) is 6.99. The Labute approximate surface area is 106 Å². The van der Waals surface area contributed by atoms with E-state index in [1.807, 2.05) is 0 Å². The van der Waals surface area contributed by atoms with Gasteiger partial charge in [-0.15, -0.1) is 0 Å². The second-order valence-corrected chi connectivity index (χ2v) is 5.89. The fourth-order valence-corrected chi connectivity index (χ4v) is 2.00. The van der Waals surface area contributed by atoms with Crippen LogP contribution in [-0.4, -0.2) is 39.5 Å². The average Bonchev–Trinajstić information content (AvgIpc) is 2.28. The molecule has 1 N–H and O–H groups in total. The third kappa shape index (κ3) is 7.02. The van der Waals surface area contributed by atoms with Crippen LogP contribution in [0.5, 0.6) is 0 Å². The largest absolute Gasteiger partial charge is 0.381 e. The van der Waals surface area contributed by atoms with Gasteiger partial charge in [0.25, 0.3) is 0 Å². The number of hydrogen-bond acceptors (Lipinski definition) is 3. The van der Waals surface area contributed by atoms with Gasteiger partial charge in [0.2, 0.25) is 0 Å². The van der Waals surface area contributed by atoms with E-state index in [0.29, 0.717) is 5.41 Å². The van der Waals surface area contributed by atoms with E-state index in [4.69, 9.17) is 9.47 Å². The molecule has 0 aromatic heterocycles. The zero-order chi connectivity index (χ0) is 12.6. The maximum Gasteiger partial charge on any atom is 0.0590 e. The topological polar surface area (TPSA) is 30.5 Å². The summed E-state index contributed by atoms with van der Waals surface area (Å²) in [6.07, 6.45) is 3.51. The molecule has 1 fully saturated rings. The van der Waals surface area contributed by atoms with Crippen LogP contribution >= 0.6 is 0 Å². The van der Waals surface area contributed by atoms with Crippen LogP contribution in [0.25, 0.3) is 0 Å². The van der Waals surface area contributed by atoms with Crippen molar-refractivity contribution in [1.29, 1.82) is 0 Å². The van der Waals surface area contributed by atoms with E-state index < -0.39 is 0 Å². The first-order valence-electron chi connectivity index (χ1n) is 6.99. The number of nitrogens with one attached hydrogen (secondary N) is 1. The lowest BCUT2D eigenvalue weighted by Crippen LogP contribution is -2.38. The molecule has 102 valence electrons. The SMILES string of the molecule is CC(C)CCOCCNCC1(C)CCOCC1. The zero-order valence-electron chi connectivity index (χ0n) is 11.8. The third-order valence-electron chi connectivity index (χ3n) is 3.51. The van der Waals surface area contributed by atoms with Crippen molar-refractivity contribution in [3.05, 3.63) is 0 Å². The van der Waals surface area contributed by atoms with Gasteiger partial charge in [-0.3, -0.25) is 0 Å². The zero-order valence-corrected chi connectivity index (χ0v) is 11.8. The van der Waals surface area contributed by atoms with Crippen LogP contribution in [0.4, 0.5) is 0 Å². The van der Waals surface area contributed by atoms with Gasteiger partial charge in [-0.1, -0.05) is 20.8 Å². The molecule has 1 aliphatic rings. The lowest BCUT2D eigenvalue weighted by atomic mass is 9.82. The van der Waals surface area contributed by atoms with Crippen molar-refractivity contribution in [2.75, 3.05) is 39.5 Å². The molecule has 1 rings (SSSR count). The molecule has 0 spiro atoms. The molecule has 17 heavy (non-hydrogen) atoms. The maximum absolute atomic E-state index is 5.58. The summed E-state index contributed by atoms with van der Waals surface area (Å²) in [5.41, 5.74) is 0.427. The van der Waals surface area contributed by atoms with Gasteiger partial charge in [0.15, 0.2) is 0 Å². The fraction of sp³-hybridized carbons (Fsp3) is 1.00.